The Hall–Kier alpha value is -4.06. The molecule has 1 saturated carbocycles. The molecule has 40 heavy (non-hydrogen) atoms. The van der Waals surface area contributed by atoms with Crippen LogP contribution in [0.4, 0.5) is 14.5 Å². The van der Waals surface area contributed by atoms with Gasteiger partial charge in [0.15, 0.2) is 17.3 Å². The highest BCUT2D eigenvalue weighted by atomic mass is 19.3. The van der Waals surface area contributed by atoms with Crippen molar-refractivity contribution in [2.24, 2.45) is 5.92 Å². The average molecular weight is 553 g/mol. The molecule has 1 aliphatic heterocycles. The third-order valence-corrected chi connectivity index (χ3v) is 7.63. The summed E-state index contributed by atoms with van der Waals surface area (Å²) < 4.78 is 38.3. The number of hydrogen-bond acceptors (Lipinski definition) is 7. The number of halogens is 2. The molecule has 0 bridgehead atoms. The summed E-state index contributed by atoms with van der Waals surface area (Å²) in [6.45, 7) is 6.91. The van der Waals surface area contributed by atoms with E-state index in [1.165, 1.54) is 12.1 Å². The number of aliphatic hydroxyl groups excluding tert-OH is 1. The highest BCUT2D eigenvalue weighted by Gasteiger charge is 2.52. The van der Waals surface area contributed by atoms with Gasteiger partial charge in [0.25, 0.3) is 0 Å². The summed E-state index contributed by atoms with van der Waals surface area (Å²) in [6, 6.07) is 12.4. The largest absolute Gasteiger partial charge is 0.586 e. The molecule has 3 N–H and O–H groups in total. The molecule has 1 unspecified atom stereocenters. The number of anilines is 1. The van der Waals surface area contributed by atoms with E-state index in [1.54, 1.807) is 6.07 Å². The molecule has 2 aliphatic rings. The number of amides is 1. The van der Waals surface area contributed by atoms with Gasteiger partial charge in [-0.2, -0.15) is 5.21 Å². The molecule has 10 nitrogen and oxygen atoms in total. The fourth-order valence-electron chi connectivity index (χ4n) is 5.41. The number of aromatic nitrogens is 5. The van der Waals surface area contributed by atoms with Gasteiger partial charge in [0, 0.05) is 53.2 Å². The normalized spacial score (nSPS) is 17.6. The number of H-pyrrole nitrogens is 1. The van der Waals surface area contributed by atoms with Crippen molar-refractivity contribution < 1.29 is 28.2 Å². The summed E-state index contributed by atoms with van der Waals surface area (Å²) in [5.74, 6) is 0.108. The van der Waals surface area contributed by atoms with Crippen LogP contribution in [0, 0.1) is 5.92 Å². The number of alkyl halides is 2. The molecule has 210 valence electrons. The molecule has 1 fully saturated rings. The number of nitrogens with one attached hydrogen (secondary N) is 2. The van der Waals surface area contributed by atoms with E-state index in [9.17, 15) is 18.7 Å². The number of fused-ring (bicyclic) bond motifs is 2. The first kappa shape index (κ1) is 26.2. The van der Waals surface area contributed by atoms with E-state index in [1.807, 2.05) is 18.2 Å². The standard InChI is InChI=1S/C28H30F2N6O4/c1-26(2,3)23-12-17-11-19(5-6-20(17)36(23)14-16(15-37)10-24-32-34-35-33-24)31-25(38)27(8-9-27)18-4-7-21-22(13-18)40-28(29,30)39-21/h4-7,11-13,16,37H,8-10,14-15H2,1-3H3,(H,31,38)(H,32,33,34,35). The number of aliphatic hydroxyl groups is 1. The van der Waals surface area contributed by atoms with Crippen LogP contribution in [0.2, 0.25) is 0 Å². The minimum atomic E-state index is -3.71. The highest BCUT2D eigenvalue weighted by molar-refractivity contribution is 6.02. The molecule has 12 heteroatoms. The van der Waals surface area contributed by atoms with Crippen LogP contribution in [0.25, 0.3) is 10.9 Å². The van der Waals surface area contributed by atoms with E-state index in [4.69, 9.17) is 0 Å². The van der Waals surface area contributed by atoms with E-state index in [-0.39, 0.29) is 35.3 Å². The smallest absolute Gasteiger partial charge is 0.396 e. The lowest BCUT2D eigenvalue weighted by atomic mass is 9.91. The van der Waals surface area contributed by atoms with Crippen molar-refractivity contribution in [2.75, 3.05) is 11.9 Å². The highest BCUT2D eigenvalue weighted by Crippen LogP contribution is 2.52. The zero-order chi connectivity index (χ0) is 28.3. The molecule has 2 aromatic heterocycles. The van der Waals surface area contributed by atoms with Crippen LogP contribution < -0.4 is 14.8 Å². The summed E-state index contributed by atoms with van der Waals surface area (Å²) in [5.41, 5.74) is 2.34. The van der Waals surface area contributed by atoms with Gasteiger partial charge in [0.2, 0.25) is 5.91 Å². The molecular formula is C28H30F2N6O4. The summed E-state index contributed by atoms with van der Waals surface area (Å²) in [7, 11) is 0. The second-order valence-corrected chi connectivity index (χ2v) is 11.6. The van der Waals surface area contributed by atoms with E-state index in [0.717, 1.165) is 16.6 Å². The van der Waals surface area contributed by atoms with Gasteiger partial charge in [-0.05, 0) is 54.8 Å². The fourth-order valence-corrected chi connectivity index (χ4v) is 5.41. The summed E-state index contributed by atoms with van der Waals surface area (Å²) in [4.78, 5) is 13.4. The van der Waals surface area contributed by atoms with Crippen molar-refractivity contribution in [3.05, 3.63) is 59.5 Å². The Morgan fingerprint density at radius 1 is 1.15 bits per heavy atom. The van der Waals surface area contributed by atoms with E-state index < -0.39 is 11.7 Å². The number of carbonyl (C=O) groups is 1. The first-order chi connectivity index (χ1) is 19.0. The molecular weight excluding hydrogens is 522 g/mol. The maximum atomic E-state index is 13.5. The van der Waals surface area contributed by atoms with E-state index >= 15 is 0 Å². The van der Waals surface area contributed by atoms with Crippen LogP contribution in [0.5, 0.6) is 11.5 Å². The average Bonchev–Trinajstić information content (AvgIpc) is 3.21. The van der Waals surface area contributed by atoms with Crippen LogP contribution in [-0.2, 0) is 28.6 Å². The van der Waals surface area contributed by atoms with Gasteiger partial charge in [0.05, 0.1) is 5.41 Å². The van der Waals surface area contributed by atoms with Gasteiger partial charge in [-0.1, -0.05) is 32.1 Å². The predicted octanol–water partition coefficient (Wildman–Crippen LogP) is 4.29. The number of aromatic amines is 1. The molecule has 2 aromatic carbocycles. The zero-order valence-corrected chi connectivity index (χ0v) is 22.4. The number of ether oxygens (including phenoxy) is 2. The lowest BCUT2D eigenvalue weighted by Gasteiger charge is -2.24. The van der Waals surface area contributed by atoms with Gasteiger partial charge < -0.3 is 24.5 Å². The minimum absolute atomic E-state index is 0.0362. The number of rotatable bonds is 8. The van der Waals surface area contributed by atoms with Gasteiger partial charge in [-0.15, -0.1) is 19.0 Å². The van der Waals surface area contributed by atoms with Crippen molar-refractivity contribution in [1.29, 1.82) is 0 Å². The zero-order valence-electron chi connectivity index (χ0n) is 22.4. The van der Waals surface area contributed by atoms with Crippen molar-refractivity contribution in [1.82, 2.24) is 25.2 Å². The molecule has 0 radical (unpaired) electrons. The second-order valence-electron chi connectivity index (χ2n) is 11.6. The Kier molecular flexibility index (Phi) is 6.06. The van der Waals surface area contributed by atoms with Crippen LogP contribution in [0.1, 0.15) is 50.7 Å². The van der Waals surface area contributed by atoms with Crippen molar-refractivity contribution in [3.8, 4) is 11.5 Å². The maximum absolute atomic E-state index is 13.5. The molecule has 3 heterocycles. The lowest BCUT2D eigenvalue weighted by Crippen LogP contribution is -2.28. The van der Waals surface area contributed by atoms with E-state index in [2.05, 4.69) is 66.8 Å². The topological polar surface area (TPSA) is 127 Å². The number of tetrazole rings is 1. The molecule has 0 spiro atoms. The number of carbonyl (C=O) groups excluding carboxylic acids is 1. The lowest BCUT2D eigenvalue weighted by molar-refractivity contribution is -0.286. The Labute approximate surface area is 228 Å². The second kappa shape index (κ2) is 9.26. The van der Waals surface area contributed by atoms with Crippen molar-refractivity contribution in [2.45, 2.75) is 63.7 Å². The molecule has 1 atom stereocenters. The van der Waals surface area contributed by atoms with E-state index in [0.29, 0.717) is 42.9 Å². The Morgan fingerprint density at radius 2 is 1.93 bits per heavy atom. The number of nitrogens with zero attached hydrogens (tertiary/aromatic N) is 4. The number of hydrogen-bond donors (Lipinski definition) is 3. The summed E-state index contributed by atoms with van der Waals surface area (Å²) in [6.07, 6.45) is -2.03. The molecule has 1 amide bonds. The SMILES string of the molecule is CC(C)(C)c1cc2cc(NC(=O)C3(c4ccc5c(c4)OC(F)(F)O5)CC3)ccc2n1CC(CO)Cc1nn[nH]n1. The molecule has 0 saturated heterocycles. The predicted molar refractivity (Wildman–Crippen MR) is 141 cm³/mol. The molecule has 6 rings (SSSR count). The quantitative estimate of drug-likeness (QED) is 0.298. The van der Waals surface area contributed by atoms with Gasteiger partial charge in [0.1, 0.15) is 0 Å². The summed E-state index contributed by atoms with van der Waals surface area (Å²) in [5, 5.41) is 28.2. The van der Waals surface area contributed by atoms with Gasteiger partial charge >= 0.3 is 6.29 Å². The van der Waals surface area contributed by atoms with Gasteiger partial charge in [-0.25, -0.2) is 0 Å². The first-order valence-electron chi connectivity index (χ1n) is 13.2. The third kappa shape index (κ3) is 4.76. The maximum Gasteiger partial charge on any atom is 0.586 e. The Bertz CT molecular complexity index is 1570. The third-order valence-electron chi connectivity index (χ3n) is 7.63. The Balaban J connectivity index is 1.25. The van der Waals surface area contributed by atoms with Gasteiger partial charge in [-0.3, -0.25) is 4.79 Å². The fraction of sp³-hybridized carbons (Fsp3) is 0.429. The van der Waals surface area contributed by atoms with Crippen molar-refractivity contribution >= 4 is 22.5 Å². The number of benzene rings is 2. The monoisotopic (exact) mass is 552 g/mol. The van der Waals surface area contributed by atoms with Crippen LogP contribution >= 0.6 is 0 Å². The van der Waals surface area contributed by atoms with Crippen molar-refractivity contribution in [3.63, 3.8) is 0 Å². The molecule has 1 aliphatic carbocycles. The Morgan fingerprint density at radius 3 is 2.60 bits per heavy atom. The van der Waals surface area contributed by atoms with Crippen LogP contribution in [0.3, 0.4) is 0 Å². The van der Waals surface area contributed by atoms with Crippen LogP contribution in [-0.4, -0.2) is 49.1 Å². The molecule has 4 aromatic rings. The van der Waals surface area contributed by atoms with Crippen LogP contribution in [0.15, 0.2) is 42.5 Å². The summed E-state index contributed by atoms with van der Waals surface area (Å²) >= 11 is 0. The first-order valence-corrected chi connectivity index (χ1v) is 13.2. The minimum Gasteiger partial charge on any atom is -0.396 e.